The molecule has 0 amide bonds. The van der Waals surface area contributed by atoms with Crippen molar-refractivity contribution >= 4 is 5.97 Å². The predicted molar refractivity (Wildman–Crippen MR) is 89.3 cm³/mol. The summed E-state index contributed by atoms with van der Waals surface area (Å²) in [7, 11) is 0. The molecular formula is C19H22O4. The number of carboxylic acid groups (broad SMARTS) is 1. The van der Waals surface area contributed by atoms with E-state index in [1.807, 2.05) is 50.2 Å². The third-order valence-electron chi connectivity index (χ3n) is 3.48. The molecule has 0 saturated heterocycles. The zero-order valence-corrected chi connectivity index (χ0v) is 13.5. The molecule has 0 atom stereocenters. The maximum Gasteiger partial charge on any atom is 0.303 e. The summed E-state index contributed by atoms with van der Waals surface area (Å²) in [4.78, 5) is 10.6. The molecule has 0 aliphatic carbocycles. The van der Waals surface area contributed by atoms with E-state index in [1.165, 1.54) is 0 Å². The second kappa shape index (κ2) is 8.22. The minimum atomic E-state index is -0.793. The van der Waals surface area contributed by atoms with Crippen LogP contribution in [-0.2, 0) is 11.2 Å². The van der Waals surface area contributed by atoms with E-state index in [4.69, 9.17) is 14.6 Å². The van der Waals surface area contributed by atoms with Gasteiger partial charge in [-0.2, -0.15) is 0 Å². The summed E-state index contributed by atoms with van der Waals surface area (Å²) < 4.78 is 11.4. The maximum atomic E-state index is 10.6. The van der Waals surface area contributed by atoms with E-state index < -0.39 is 5.97 Å². The molecule has 0 heterocycles. The van der Waals surface area contributed by atoms with Gasteiger partial charge in [0.2, 0.25) is 0 Å². The van der Waals surface area contributed by atoms with Crippen LogP contribution >= 0.6 is 0 Å². The van der Waals surface area contributed by atoms with Crippen molar-refractivity contribution < 1.29 is 19.4 Å². The average Bonchev–Trinajstić information content (AvgIpc) is 2.53. The van der Waals surface area contributed by atoms with Crippen LogP contribution in [0.1, 0.15) is 23.1 Å². The maximum absolute atomic E-state index is 10.6. The van der Waals surface area contributed by atoms with Gasteiger partial charge in [0, 0.05) is 6.42 Å². The summed E-state index contributed by atoms with van der Waals surface area (Å²) in [6.07, 6.45) is 0.630. The highest BCUT2D eigenvalue weighted by atomic mass is 16.5. The number of carbonyl (C=O) groups is 1. The van der Waals surface area contributed by atoms with Crippen LogP contribution in [0.3, 0.4) is 0 Å². The monoisotopic (exact) mass is 314 g/mol. The first-order valence-corrected chi connectivity index (χ1v) is 7.68. The normalized spacial score (nSPS) is 10.3. The molecule has 0 aliphatic rings. The molecule has 0 spiro atoms. The summed E-state index contributed by atoms with van der Waals surface area (Å²) in [5, 5.41) is 8.72. The molecule has 23 heavy (non-hydrogen) atoms. The summed E-state index contributed by atoms with van der Waals surface area (Å²) in [5.41, 5.74) is 3.23. The van der Waals surface area contributed by atoms with Gasteiger partial charge in [-0.1, -0.05) is 24.3 Å². The molecule has 2 aromatic rings. The molecule has 0 aliphatic heterocycles. The van der Waals surface area contributed by atoms with Crippen molar-refractivity contribution in [2.75, 3.05) is 13.2 Å². The van der Waals surface area contributed by atoms with E-state index in [-0.39, 0.29) is 6.42 Å². The number of hydrogen-bond donors (Lipinski definition) is 1. The Labute approximate surface area is 136 Å². The first-order chi connectivity index (χ1) is 11.0. The van der Waals surface area contributed by atoms with Crippen molar-refractivity contribution in [3.63, 3.8) is 0 Å². The van der Waals surface area contributed by atoms with Crippen molar-refractivity contribution in [3.05, 3.63) is 59.2 Å². The molecule has 1 N–H and O–H groups in total. The lowest BCUT2D eigenvalue weighted by atomic mass is 10.1. The highest BCUT2D eigenvalue weighted by Crippen LogP contribution is 2.19. The van der Waals surface area contributed by atoms with Crippen LogP contribution in [0.25, 0.3) is 0 Å². The molecule has 4 heteroatoms. The van der Waals surface area contributed by atoms with Gasteiger partial charge in [0.25, 0.3) is 0 Å². The van der Waals surface area contributed by atoms with E-state index in [9.17, 15) is 4.79 Å². The number of benzene rings is 2. The molecule has 0 bridgehead atoms. The van der Waals surface area contributed by atoms with Crippen LogP contribution in [0.5, 0.6) is 11.5 Å². The first kappa shape index (κ1) is 16.9. The molecule has 2 aromatic carbocycles. The molecule has 0 fully saturated rings. The van der Waals surface area contributed by atoms with Crippen LogP contribution in [0.2, 0.25) is 0 Å². The summed E-state index contributed by atoms with van der Waals surface area (Å²) >= 11 is 0. The average molecular weight is 314 g/mol. The SMILES string of the molecule is Cc1ccc(C)c(OCCOc2cccc(CCC(=O)O)c2)c1. The summed E-state index contributed by atoms with van der Waals surface area (Å²) in [5.74, 6) is 0.819. The van der Waals surface area contributed by atoms with Crippen LogP contribution in [0.4, 0.5) is 0 Å². The molecular weight excluding hydrogens is 292 g/mol. The van der Waals surface area contributed by atoms with Crippen LogP contribution in [0, 0.1) is 13.8 Å². The quantitative estimate of drug-likeness (QED) is 0.753. The number of aryl methyl sites for hydroxylation is 3. The largest absolute Gasteiger partial charge is 0.490 e. The Kier molecular flexibility index (Phi) is 6.03. The summed E-state index contributed by atoms with van der Waals surface area (Å²) in [6.45, 7) is 4.95. The van der Waals surface area contributed by atoms with Gasteiger partial charge >= 0.3 is 5.97 Å². The standard InChI is InChI=1S/C19H22O4/c1-14-6-7-15(2)18(12-14)23-11-10-22-17-5-3-4-16(13-17)8-9-19(20)21/h3-7,12-13H,8-11H2,1-2H3,(H,20,21). The fourth-order valence-corrected chi connectivity index (χ4v) is 2.22. The molecule has 0 aromatic heterocycles. The second-order valence-electron chi connectivity index (χ2n) is 5.51. The number of aliphatic carboxylic acids is 1. The van der Waals surface area contributed by atoms with E-state index >= 15 is 0 Å². The lowest BCUT2D eigenvalue weighted by Crippen LogP contribution is -2.09. The highest BCUT2D eigenvalue weighted by molar-refractivity contribution is 5.67. The lowest BCUT2D eigenvalue weighted by Gasteiger charge is -2.11. The van der Waals surface area contributed by atoms with Gasteiger partial charge in [0.05, 0.1) is 0 Å². The van der Waals surface area contributed by atoms with Gasteiger partial charge in [-0.15, -0.1) is 0 Å². The Hall–Kier alpha value is -2.49. The van der Waals surface area contributed by atoms with Crippen molar-refractivity contribution in [1.29, 1.82) is 0 Å². The Morgan fingerprint density at radius 2 is 1.83 bits per heavy atom. The first-order valence-electron chi connectivity index (χ1n) is 7.68. The van der Waals surface area contributed by atoms with Gasteiger partial charge in [-0.3, -0.25) is 4.79 Å². The fraction of sp³-hybridized carbons (Fsp3) is 0.316. The predicted octanol–water partition coefficient (Wildman–Crippen LogP) is 3.78. The zero-order valence-electron chi connectivity index (χ0n) is 13.5. The smallest absolute Gasteiger partial charge is 0.303 e. The van der Waals surface area contributed by atoms with E-state index in [0.29, 0.717) is 19.6 Å². The topological polar surface area (TPSA) is 55.8 Å². The molecule has 4 nitrogen and oxygen atoms in total. The van der Waals surface area contributed by atoms with Crippen molar-refractivity contribution in [2.45, 2.75) is 26.7 Å². The Balaban J connectivity index is 1.81. The zero-order chi connectivity index (χ0) is 16.7. The number of hydrogen-bond acceptors (Lipinski definition) is 3. The third-order valence-corrected chi connectivity index (χ3v) is 3.48. The van der Waals surface area contributed by atoms with Gasteiger partial charge in [-0.25, -0.2) is 0 Å². The van der Waals surface area contributed by atoms with Crippen LogP contribution in [-0.4, -0.2) is 24.3 Å². The third kappa shape index (κ3) is 5.66. The van der Waals surface area contributed by atoms with Gasteiger partial charge in [0.1, 0.15) is 24.7 Å². The Bertz CT molecular complexity index is 664. The minimum absolute atomic E-state index is 0.124. The molecule has 0 unspecified atom stereocenters. The molecule has 2 rings (SSSR count). The molecule has 0 radical (unpaired) electrons. The Morgan fingerprint density at radius 1 is 1.04 bits per heavy atom. The molecule has 0 saturated carbocycles. The highest BCUT2D eigenvalue weighted by Gasteiger charge is 2.02. The fourth-order valence-electron chi connectivity index (χ4n) is 2.22. The van der Waals surface area contributed by atoms with Crippen molar-refractivity contribution in [3.8, 4) is 11.5 Å². The van der Waals surface area contributed by atoms with Gasteiger partial charge in [0.15, 0.2) is 0 Å². The summed E-state index contributed by atoms with van der Waals surface area (Å²) in [6, 6.07) is 13.6. The Morgan fingerprint density at radius 3 is 2.61 bits per heavy atom. The molecule has 122 valence electrons. The number of carboxylic acids is 1. The number of ether oxygens (including phenoxy) is 2. The van der Waals surface area contributed by atoms with Crippen molar-refractivity contribution in [1.82, 2.24) is 0 Å². The van der Waals surface area contributed by atoms with E-state index in [1.54, 1.807) is 0 Å². The number of rotatable bonds is 8. The van der Waals surface area contributed by atoms with Gasteiger partial charge < -0.3 is 14.6 Å². The van der Waals surface area contributed by atoms with Gasteiger partial charge in [-0.05, 0) is 55.2 Å². The van der Waals surface area contributed by atoms with Crippen LogP contribution < -0.4 is 9.47 Å². The lowest BCUT2D eigenvalue weighted by molar-refractivity contribution is -0.136. The van der Waals surface area contributed by atoms with Crippen molar-refractivity contribution in [2.24, 2.45) is 0 Å². The second-order valence-corrected chi connectivity index (χ2v) is 5.51. The van der Waals surface area contributed by atoms with Crippen LogP contribution in [0.15, 0.2) is 42.5 Å². The minimum Gasteiger partial charge on any atom is -0.490 e. The van der Waals surface area contributed by atoms with E-state index in [2.05, 4.69) is 6.07 Å². The van der Waals surface area contributed by atoms with E-state index in [0.717, 1.165) is 28.2 Å².